The monoisotopic (exact) mass is 272 g/mol. The van der Waals surface area contributed by atoms with Gasteiger partial charge >= 0.3 is 5.97 Å². The van der Waals surface area contributed by atoms with Gasteiger partial charge in [-0.3, -0.25) is 0 Å². The van der Waals surface area contributed by atoms with Gasteiger partial charge in [-0.25, -0.2) is 13.2 Å². The second-order valence-corrected chi connectivity index (χ2v) is 6.21. The normalized spacial score (nSPS) is 13.0. The number of ether oxygens (including phenoxy) is 1. The Balaban J connectivity index is 2.85. The fraction of sp³-hybridized carbons (Fsp3) is 0.417. The number of sulfone groups is 1. The highest BCUT2D eigenvalue weighted by atomic mass is 32.2. The molecule has 0 bridgehead atoms. The first-order chi connectivity index (χ1) is 8.31. The minimum absolute atomic E-state index is 0.0892. The van der Waals surface area contributed by atoms with E-state index in [2.05, 4.69) is 0 Å². The van der Waals surface area contributed by atoms with Crippen molar-refractivity contribution >= 4 is 15.8 Å². The summed E-state index contributed by atoms with van der Waals surface area (Å²) in [5, 5.41) is 8.87. The summed E-state index contributed by atoms with van der Waals surface area (Å²) in [6.07, 6.45) is 0.566. The van der Waals surface area contributed by atoms with E-state index < -0.39 is 21.9 Å². The highest BCUT2D eigenvalue weighted by Crippen LogP contribution is 2.17. The van der Waals surface area contributed by atoms with E-state index in [0.29, 0.717) is 17.7 Å². The molecule has 100 valence electrons. The number of aliphatic carboxylic acids is 1. The quantitative estimate of drug-likeness (QED) is 0.848. The van der Waals surface area contributed by atoms with Crippen LogP contribution in [0.25, 0.3) is 0 Å². The summed E-state index contributed by atoms with van der Waals surface area (Å²) in [7, 11) is -3.12. The Morgan fingerprint density at radius 1 is 1.44 bits per heavy atom. The molecule has 0 aromatic heterocycles. The third-order valence-electron chi connectivity index (χ3n) is 2.25. The van der Waals surface area contributed by atoms with Crippen molar-refractivity contribution in [3.8, 4) is 5.75 Å². The van der Waals surface area contributed by atoms with Crippen LogP contribution in [0, 0.1) is 0 Å². The average Bonchev–Trinajstić information content (AvgIpc) is 2.23. The summed E-state index contributed by atoms with van der Waals surface area (Å²) >= 11 is 0. The van der Waals surface area contributed by atoms with Crippen molar-refractivity contribution in [1.82, 2.24) is 0 Å². The molecule has 1 N–H and O–H groups in total. The van der Waals surface area contributed by atoms with Crippen LogP contribution in [-0.4, -0.2) is 31.9 Å². The van der Waals surface area contributed by atoms with Crippen LogP contribution in [0.1, 0.15) is 18.9 Å². The molecule has 0 radical (unpaired) electrons. The number of rotatable bonds is 6. The predicted molar refractivity (Wildman–Crippen MR) is 67.3 cm³/mol. The Bertz CT molecular complexity index is 521. The Morgan fingerprint density at radius 3 is 2.61 bits per heavy atom. The maximum Gasteiger partial charge on any atom is 0.344 e. The molecule has 0 heterocycles. The van der Waals surface area contributed by atoms with E-state index in [4.69, 9.17) is 9.84 Å². The summed E-state index contributed by atoms with van der Waals surface area (Å²) in [5.41, 5.74) is 0.579. The second-order valence-electron chi connectivity index (χ2n) is 4.07. The molecular weight excluding hydrogens is 256 g/mol. The van der Waals surface area contributed by atoms with E-state index in [1.54, 1.807) is 31.2 Å². The van der Waals surface area contributed by atoms with Crippen molar-refractivity contribution in [1.29, 1.82) is 0 Å². The molecule has 1 aromatic carbocycles. The molecule has 0 aliphatic rings. The fourth-order valence-electron chi connectivity index (χ4n) is 1.48. The third-order valence-corrected chi connectivity index (χ3v) is 3.11. The molecule has 0 aliphatic heterocycles. The average molecular weight is 272 g/mol. The molecule has 1 unspecified atom stereocenters. The Labute approximate surface area is 106 Å². The van der Waals surface area contributed by atoms with Crippen LogP contribution in [0.2, 0.25) is 0 Å². The molecule has 6 heteroatoms. The number of carbonyl (C=O) groups is 1. The SMILES string of the molecule is CCC(Oc1cccc(CS(C)(=O)=O)c1)C(=O)O. The van der Waals surface area contributed by atoms with Crippen molar-refractivity contribution in [2.24, 2.45) is 0 Å². The van der Waals surface area contributed by atoms with Gasteiger partial charge in [0, 0.05) is 6.26 Å². The van der Waals surface area contributed by atoms with Crippen LogP contribution < -0.4 is 4.74 Å². The molecule has 0 saturated heterocycles. The molecule has 5 nitrogen and oxygen atoms in total. The lowest BCUT2D eigenvalue weighted by Crippen LogP contribution is -2.25. The van der Waals surface area contributed by atoms with Crippen molar-refractivity contribution in [2.75, 3.05) is 6.26 Å². The first-order valence-electron chi connectivity index (χ1n) is 5.48. The van der Waals surface area contributed by atoms with Crippen LogP contribution in [0.3, 0.4) is 0 Å². The van der Waals surface area contributed by atoms with E-state index in [0.717, 1.165) is 6.26 Å². The second kappa shape index (κ2) is 5.86. The molecule has 0 spiro atoms. The van der Waals surface area contributed by atoms with Crippen molar-refractivity contribution in [3.63, 3.8) is 0 Å². The molecule has 0 fully saturated rings. The number of hydrogen-bond donors (Lipinski definition) is 1. The van der Waals surface area contributed by atoms with Crippen molar-refractivity contribution in [2.45, 2.75) is 25.2 Å². The largest absolute Gasteiger partial charge is 0.479 e. The topological polar surface area (TPSA) is 80.7 Å². The standard InChI is InChI=1S/C12H16O5S/c1-3-11(12(13)14)17-10-6-4-5-9(7-10)8-18(2,15)16/h4-7,11H,3,8H2,1-2H3,(H,13,14). The van der Waals surface area contributed by atoms with E-state index in [1.807, 2.05) is 0 Å². The summed E-state index contributed by atoms with van der Waals surface area (Å²) in [4.78, 5) is 10.8. The number of carboxylic acids is 1. The van der Waals surface area contributed by atoms with Gasteiger partial charge in [-0.15, -0.1) is 0 Å². The number of benzene rings is 1. The zero-order valence-corrected chi connectivity index (χ0v) is 11.1. The van der Waals surface area contributed by atoms with Crippen LogP contribution in [0.15, 0.2) is 24.3 Å². The molecule has 0 saturated carbocycles. The van der Waals surface area contributed by atoms with Gasteiger partial charge in [-0.1, -0.05) is 19.1 Å². The lowest BCUT2D eigenvalue weighted by molar-refractivity contribution is -0.145. The minimum atomic E-state index is -3.12. The number of carboxylic acid groups (broad SMARTS) is 1. The smallest absolute Gasteiger partial charge is 0.344 e. The van der Waals surface area contributed by atoms with E-state index in [9.17, 15) is 13.2 Å². The van der Waals surface area contributed by atoms with Gasteiger partial charge in [0.15, 0.2) is 15.9 Å². The zero-order valence-electron chi connectivity index (χ0n) is 10.3. The lowest BCUT2D eigenvalue weighted by atomic mass is 10.2. The third kappa shape index (κ3) is 4.75. The molecule has 1 rings (SSSR count). The maximum atomic E-state index is 11.2. The maximum absolute atomic E-state index is 11.2. The zero-order chi connectivity index (χ0) is 13.8. The molecule has 18 heavy (non-hydrogen) atoms. The Kier molecular flexibility index (Phi) is 4.72. The molecular formula is C12H16O5S. The first-order valence-corrected chi connectivity index (χ1v) is 7.54. The molecule has 1 aromatic rings. The summed E-state index contributed by atoms with van der Waals surface area (Å²) in [6.45, 7) is 1.71. The van der Waals surface area contributed by atoms with Gasteiger partial charge in [-0.05, 0) is 24.1 Å². The number of hydrogen-bond acceptors (Lipinski definition) is 4. The lowest BCUT2D eigenvalue weighted by Gasteiger charge is -2.13. The van der Waals surface area contributed by atoms with Gasteiger partial charge in [0.05, 0.1) is 5.75 Å². The summed E-state index contributed by atoms with van der Waals surface area (Å²) in [5.74, 6) is -0.759. The fourth-order valence-corrected chi connectivity index (χ4v) is 2.27. The molecule has 0 amide bonds. The van der Waals surface area contributed by atoms with Crippen LogP contribution >= 0.6 is 0 Å². The van der Waals surface area contributed by atoms with Gasteiger partial charge in [-0.2, -0.15) is 0 Å². The highest BCUT2D eigenvalue weighted by Gasteiger charge is 2.17. The van der Waals surface area contributed by atoms with E-state index in [-0.39, 0.29) is 5.75 Å². The minimum Gasteiger partial charge on any atom is -0.479 e. The first kappa shape index (κ1) is 14.5. The van der Waals surface area contributed by atoms with Gasteiger partial charge < -0.3 is 9.84 Å². The summed E-state index contributed by atoms with van der Waals surface area (Å²) < 4.78 is 27.6. The predicted octanol–water partition coefficient (Wildman–Crippen LogP) is 1.47. The summed E-state index contributed by atoms with van der Waals surface area (Å²) in [6, 6.07) is 6.46. The highest BCUT2D eigenvalue weighted by molar-refractivity contribution is 7.89. The molecule has 0 aliphatic carbocycles. The van der Waals surface area contributed by atoms with Crippen LogP contribution in [-0.2, 0) is 20.4 Å². The van der Waals surface area contributed by atoms with Crippen LogP contribution in [0.5, 0.6) is 5.75 Å². The van der Waals surface area contributed by atoms with Gasteiger partial charge in [0.25, 0.3) is 0 Å². The van der Waals surface area contributed by atoms with Crippen LogP contribution in [0.4, 0.5) is 0 Å². The van der Waals surface area contributed by atoms with Crippen molar-refractivity contribution in [3.05, 3.63) is 29.8 Å². The van der Waals surface area contributed by atoms with Gasteiger partial charge in [0.2, 0.25) is 0 Å². The van der Waals surface area contributed by atoms with E-state index >= 15 is 0 Å². The Hall–Kier alpha value is -1.56. The Morgan fingerprint density at radius 2 is 2.11 bits per heavy atom. The van der Waals surface area contributed by atoms with E-state index in [1.165, 1.54) is 0 Å². The van der Waals surface area contributed by atoms with Gasteiger partial charge in [0.1, 0.15) is 5.75 Å². The van der Waals surface area contributed by atoms with Crippen molar-refractivity contribution < 1.29 is 23.1 Å². The molecule has 1 atom stereocenters.